The highest BCUT2D eigenvalue weighted by Gasteiger charge is 2.39. The summed E-state index contributed by atoms with van der Waals surface area (Å²) in [5, 5.41) is 11.9. The number of hydrogen-bond acceptors (Lipinski definition) is 3. The highest BCUT2D eigenvalue weighted by Crippen LogP contribution is 2.24. The molecule has 0 radical (unpaired) electrons. The normalized spacial score (nSPS) is 23.8. The zero-order chi connectivity index (χ0) is 15.8. The SMILES string of the molecule is CC(C)(C)[C@@H](NC(=O)N1CCN2C(=O)CCC2C1)C(=O)O. The number of amides is 3. The van der Waals surface area contributed by atoms with E-state index in [1.165, 1.54) is 0 Å². The van der Waals surface area contributed by atoms with Crippen molar-refractivity contribution in [2.75, 3.05) is 19.6 Å². The van der Waals surface area contributed by atoms with Gasteiger partial charge in [-0.25, -0.2) is 9.59 Å². The first kappa shape index (κ1) is 15.6. The molecule has 2 aliphatic rings. The van der Waals surface area contributed by atoms with Gasteiger partial charge in [-0.05, 0) is 11.8 Å². The van der Waals surface area contributed by atoms with E-state index in [1.54, 1.807) is 25.7 Å². The number of nitrogens with zero attached hydrogens (tertiary/aromatic N) is 2. The number of carboxylic acid groups (broad SMARTS) is 1. The monoisotopic (exact) mass is 297 g/mol. The second-order valence-electron chi connectivity index (χ2n) is 6.81. The Labute approximate surface area is 124 Å². The Balaban J connectivity index is 1.98. The van der Waals surface area contributed by atoms with Crippen LogP contribution < -0.4 is 5.32 Å². The summed E-state index contributed by atoms with van der Waals surface area (Å²) in [5.41, 5.74) is -0.563. The minimum Gasteiger partial charge on any atom is -0.480 e. The van der Waals surface area contributed by atoms with Gasteiger partial charge in [-0.1, -0.05) is 20.8 Å². The van der Waals surface area contributed by atoms with Crippen LogP contribution in [0.25, 0.3) is 0 Å². The van der Waals surface area contributed by atoms with E-state index in [0.717, 1.165) is 6.42 Å². The van der Waals surface area contributed by atoms with Crippen molar-refractivity contribution < 1.29 is 19.5 Å². The number of rotatable bonds is 2. The summed E-state index contributed by atoms with van der Waals surface area (Å²) < 4.78 is 0. The number of fused-ring (bicyclic) bond motifs is 1. The lowest BCUT2D eigenvalue weighted by Crippen LogP contribution is -2.59. The second-order valence-corrected chi connectivity index (χ2v) is 6.81. The van der Waals surface area contributed by atoms with Gasteiger partial charge in [0.15, 0.2) is 0 Å². The van der Waals surface area contributed by atoms with Crippen LogP contribution in [0.3, 0.4) is 0 Å². The van der Waals surface area contributed by atoms with Crippen LogP contribution in [0.2, 0.25) is 0 Å². The third-order valence-corrected chi connectivity index (χ3v) is 4.16. The molecule has 2 aliphatic heterocycles. The molecule has 2 N–H and O–H groups in total. The van der Waals surface area contributed by atoms with Gasteiger partial charge in [0.05, 0.1) is 0 Å². The predicted molar refractivity (Wildman–Crippen MR) is 75.7 cm³/mol. The maximum atomic E-state index is 12.3. The Morgan fingerprint density at radius 3 is 2.57 bits per heavy atom. The number of carboxylic acids is 1. The molecule has 3 amide bonds. The molecule has 2 rings (SSSR count). The molecule has 0 saturated carbocycles. The average Bonchev–Trinajstić information content (AvgIpc) is 2.75. The predicted octanol–water partition coefficient (Wildman–Crippen LogP) is 0.502. The van der Waals surface area contributed by atoms with Crippen molar-refractivity contribution in [3.05, 3.63) is 0 Å². The molecule has 0 spiro atoms. The number of hydrogen-bond donors (Lipinski definition) is 2. The fraction of sp³-hybridized carbons (Fsp3) is 0.786. The summed E-state index contributed by atoms with van der Waals surface area (Å²) >= 11 is 0. The maximum Gasteiger partial charge on any atom is 0.326 e. The number of piperazine rings is 1. The summed E-state index contributed by atoms with van der Waals surface area (Å²) in [6.07, 6.45) is 1.31. The highest BCUT2D eigenvalue weighted by molar-refractivity contribution is 5.84. The topological polar surface area (TPSA) is 90.0 Å². The first-order chi connectivity index (χ1) is 9.70. The first-order valence-electron chi connectivity index (χ1n) is 7.28. The molecule has 0 aromatic rings. The molecule has 0 aromatic carbocycles. The molecule has 1 unspecified atom stereocenters. The Hall–Kier alpha value is -1.79. The van der Waals surface area contributed by atoms with Crippen LogP contribution in [0.5, 0.6) is 0 Å². The number of carbonyl (C=O) groups is 3. The molecule has 118 valence electrons. The summed E-state index contributed by atoms with van der Waals surface area (Å²) in [4.78, 5) is 38.6. The van der Waals surface area contributed by atoms with Gasteiger partial charge < -0.3 is 20.2 Å². The number of urea groups is 1. The van der Waals surface area contributed by atoms with Gasteiger partial charge in [0.25, 0.3) is 0 Å². The van der Waals surface area contributed by atoms with Gasteiger partial charge in [0.1, 0.15) is 6.04 Å². The molecule has 2 heterocycles. The van der Waals surface area contributed by atoms with E-state index in [0.29, 0.717) is 26.1 Å². The lowest BCUT2D eigenvalue weighted by Gasteiger charge is -2.38. The van der Waals surface area contributed by atoms with Crippen LogP contribution >= 0.6 is 0 Å². The molecule has 7 nitrogen and oxygen atoms in total. The van der Waals surface area contributed by atoms with Gasteiger partial charge in [-0.15, -0.1) is 0 Å². The zero-order valence-corrected chi connectivity index (χ0v) is 12.8. The van der Waals surface area contributed by atoms with Crippen LogP contribution in [0.15, 0.2) is 0 Å². The molecule has 2 saturated heterocycles. The Kier molecular flexibility index (Phi) is 4.11. The molecule has 0 aliphatic carbocycles. The van der Waals surface area contributed by atoms with E-state index in [2.05, 4.69) is 5.32 Å². The average molecular weight is 297 g/mol. The Morgan fingerprint density at radius 1 is 1.33 bits per heavy atom. The van der Waals surface area contributed by atoms with Gasteiger partial charge in [-0.3, -0.25) is 4.79 Å². The van der Waals surface area contributed by atoms with Gasteiger partial charge in [-0.2, -0.15) is 0 Å². The Morgan fingerprint density at radius 2 is 2.00 bits per heavy atom. The molecule has 21 heavy (non-hydrogen) atoms. The van der Waals surface area contributed by atoms with Crippen LogP contribution in [0.1, 0.15) is 33.6 Å². The molecule has 2 atom stereocenters. The van der Waals surface area contributed by atoms with E-state index in [1.807, 2.05) is 4.90 Å². The van der Waals surface area contributed by atoms with Gasteiger partial charge in [0, 0.05) is 32.1 Å². The van der Waals surface area contributed by atoms with Crippen molar-refractivity contribution in [2.45, 2.75) is 45.7 Å². The van der Waals surface area contributed by atoms with Crippen LogP contribution in [-0.4, -0.2) is 64.5 Å². The van der Waals surface area contributed by atoms with E-state index in [9.17, 15) is 19.5 Å². The largest absolute Gasteiger partial charge is 0.480 e. The summed E-state index contributed by atoms with van der Waals surface area (Å²) in [7, 11) is 0. The fourth-order valence-corrected chi connectivity index (χ4v) is 2.91. The van der Waals surface area contributed by atoms with Crippen molar-refractivity contribution in [2.24, 2.45) is 5.41 Å². The maximum absolute atomic E-state index is 12.3. The van der Waals surface area contributed by atoms with E-state index < -0.39 is 17.4 Å². The standard InChI is InChI=1S/C14H23N3O4/c1-14(2,3)11(12(19)20)15-13(21)16-6-7-17-9(8-16)4-5-10(17)18/h9,11H,4-8H2,1-3H3,(H,15,21)(H,19,20)/t9?,11-/m0/s1. The van der Waals surface area contributed by atoms with Crippen LogP contribution in [0.4, 0.5) is 4.79 Å². The third-order valence-electron chi connectivity index (χ3n) is 4.16. The number of carbonyl (C=O) groups excluding carboxylic acids is 2. The zero-order valence-electron chi connectivity index (χ0n) is 12.8. The molecule has 0 aromatic heterocycles. The minimum atomic E-state index is -1.04. The summed E-state index contributed by atoms with van der Waals surface area (Å²) in [5.74, 6) is -0.885. The van der Waals surface area contributed by atoms with Crippen molar-refractivity contribution in [3.8, 4) is 0 Å². The first-order valence-corrected chi connectivity index (χ1v) is 7.28. The van der Waals surface area contributed by atoms with Crippen molar-refractivity contribution >= 4 is 17.9 Å². The van der Waals surface area contributed by atoms with Crippen LogP contribution in [-0.2, 0) is 9.59 Å². The molecule has 0 bridgehead atoms. The Bertz CT molecular complexity index is 458. The second kappa shape index (κ2) is 5.54. The summed E-state index contributed by atoms with van der Waals surface area (Å²) in [6, 6.07) is -1.22. The fourth-order valence-electron chi connectivity index (χ4n) is 2.91. The molecule has 7 heteroatoms. The minimum absolute atomic E-state index is 0.0786. The highest BCUT2D eigenvalue weighted by atomic mass is 16.4. The number of aliphatic carboxylic acids is 1. The number of nitrogens with one attached hydrogen (secondary N) is 1. The van der Waals surface area contributed by atoms with Crippen LogP contribution in [0, 0.1) is 5.41 Å². The lowest BCUT2D eigenvalue weighted by atomic mass is 9.87. The third kappa shape index (κ3) is 3.28. The molecular weight excluding hydrogens is 274 g/mol. The smallest absolute Gasteiger partial charge is 0.326 e. The van der Waals surface area contributed by atoms with Gasteiger partial charge in [0.2, 0.25) is 5.91 Å². The van der Waals surface area contributed by atoms with E-state index in [-0.39, 0.29) is 18.0 Å². The lowest BCUT2D eigenvalue weighted by molar-refractivity contribution is -0.142. The van der Waals surface area contributed by atoms with E-state index >= 15 is 0 Å². The van der Waals surface area contributed by atoms with Gasteiger partial charge >= 0.3 is 12.0 Å². The summed E-state index contributed by atoms with van der Waals surface area (Å²) in [6.45, 7) is 6.79. The molecule has 2 fully saturated rings. The van der Waals surface area contributed by atoms with Crippen molar-refractivity contribution in [1.82, 2.24) is 15.1 Å². The quantitative estimate of drug-likeness (QED) is 0.776. The van der Waals surface area contributed by atoms with Crippen molar-refractivity contribution in [3.63, 3.8) is 0 Å². The molecular formula is C14H23N3O4. The van der Waals surface area contributed by atoms with E-state index in [4.69, 9.17) is 0 Å². The van der Waals surface area contributed by atoms with Crippen molar-refractivity contribution in [1.29, 1.82) is 0 Å².